The van der Waals surface area contributed by atoms with E-state index in [2.05, 4.69) is 0 Å². The van der Waals surface area contributed by atoms with Gasteiger partial charge in [0.25, 0.3) is 0 Å². The van der Waals surface area contributed by atoms with Crippen molar-refractivity contribution in [2.24, 2.45) is 5.73 Å². The number of benzene rings is 1. The quantitative estimate of drug-likeness (QED) is 0.611. The summed E-state index contributed by atoms with van der Waals surface area (Å²) < 4.78 is 5.76. The molecule has 122 valence electrons. The molecular formula is C16H23ClN2O2S. The molecule has 6 heteroatoms. The van der Waals surface area contributed by atoms with E-state index in [0.717, 1.165) is 43.9 Å². The molecule has 22 heavy (non-hydrogen) atoms. The van der Waals surface area contributed by atoms with Crippen LogP contribution in [-0.4, -0.2) is 48.9 Å². The number of carbonyl (C=O) groups excluding carboxylic acids is 1. The van der Waals surface area contributed by atoms with E-state index < -0.39 is 0 Å². The highest BCUT2D eigenvalue weighted by molar-refractivity contribution is 8.00. The molecule has 1 heterocycles. The van der Waals surface area contributed by atoms with Gasteiger partial charge in [0, 0.05) is 29.6 Å². The number of nitrogens with zero attached hydrogens (tertiary/aromatic N) is 1. The van der Waals surface area contributed by atoms with Crippen molar-refractivity contribution in [2.75, 3.05) is 32.0 Å². The van der Waals surface area contributed by atoms with E-state index in [1.54, 1.807) is 11.8 Å². The molecule has 2 N–H and O–H groups in total. The largest absolute Gasteiger partial charge is 0.378 e. The summed E-state index contributed by atoms with van der Waals surface area (Å²) in [7, 11) is 0. The molecule has 0 aliphatic carbocycles. The molecule has 0 unspecified atom stereocenters. The van der Waals surface area contributed by atoms with Gasteiger partial charge >= 0.3 is 0 Å². The Labute approximate surface area is 141 Å². The smallest absolute Gasteiger partial charge is 0.232 e. The number of halogens is 1. The van der Waals surface area contributed by atoms with Gasteiger partial charge < -0.3 is 15.4 Å². The van der Waals surface area contributed by atoms with Crippen molar-refractivity contribution in [3.63, 3.8) is 0 Å². The zero-order valence-electron chi connectivity index (χ0n) is 12.7. The number of rotatable bonds is 7. The Balaban J connectivity index is 1.67. The van der Waals surface area contributed by atoms with Gasteiger partial charge in [0.1, 0.15) is 0 Å². The minimum absolute atomic E-state index is 0.195. The first-order valence-electron chi connectivity index (χ1n) is 7.67. The second-order valence-corrected chi connectivity index (χ2v) is 6.82. The van der Waals surface area contributed by atoms with Gasteiger partial charge in [-0.25, -0.2) is 0 Å². The summed E-state index contributed by atoms with van der Waals surface area (Å²) in [4.78, 5) is 15.2. The van der Waals surface area contributed by atoms with E-state index in [4.69, 9.17) is 22.1 Å². The van der Waals surface area contributed by atoms with Crippen LogP contribution < -0.4 is 5.73 Å². The number of carbonyl (C=O) groups is 1. The van der Waals surface area contributed by atoms with Gasteiger partial charge in [-0.1, -0.05) is 11.6 Å². The average Bonchev–Trinajstić information content (AvgIpc) is 2.55. The van der Waals surface area contributed by atoms with E-state index in [1.165, 1.54) is 0 Å². The Morgan fingerprint density at radius 2 is 2.00 bits per heavy atom. The lowest BCUT2D eigenvalue weighted by molar-refractivity contribution is -0.130. The molecule has 0 aromatic heterocycles. The number of thioether (sulfide) groups is 1. The minimum atomic E-state index is 0.195. The van der Waals surface area contributed by atoms with Crippen LogP contribution >= 0.6 is 23.4 Å². The number of likely N-dealkylation sites (tertiary alicyclic amines) is 1. The average molecular weight is 343 g/mol. The zero-order valence-corrected chi connectivity index (χ0v) is 14.2. The third-order valence-electron chi connectivity index (χ3n) is 3.67. The van der Waals surface area contributed by atoms with Crippen LogP contribution in [-0.2, 0) is 9.53 Å². The molecule has 4 nitrogen and oxygen atoms in total. The predicted molar refractivity (Wildman–Crippen MR) is 91.4 cm³/mol. The van der Waals surface area contributed by atoms with Crippen LogP contribution in [0.15, 0.2) is 29.2 Å². The molecule has 1 fully saturated rings. The van der Waals surface area contributed by atoms with Gasteiger partial charge in [-0.05, 0) is 50.1 Å². The molecule has 0 spiro atoms. The van der Waals surface area contributed by atoms with Crippen molar-refractivity contribution in [1.29, 1.82) is 0 Å². The molecule has 0 atom stereocenters. The summed E-state index contributed by atoms with van der Waals surface area (Å²) in [6.07, 6.45) is 3.01. The number of amides is 1. The highest BCUT2D eigenvalue weighted by Gasteiger charge is 2.22. The summed E-state index contributed by atoms with van der Waals surface area (Å²) in [5.41, 5.74) is 5.45. The first-order chi connectivity index (χ1) is 10.7. The highest BCUT2D eigenvalue weighted by atomic mass is 35.5. The molecular weight excluding hydrogens is 320 g/mol. The third-order valence-corrected chi connectivity index (χ3v) is 4.92. The minimum Gasteiger partial charge on any atom is -0.378 e. The second-order valence-electron chi connectivity index (χ2n) is 5.34. The molecule has 0 saturated carbocycles. The van der Waals surface area contributed by atoms with Crippen LogP contribution in [0.5, 0.6) is 0 Å². The maximum atomic E-state index is 12.2. The van der Waals surface area contributed by atoms with E-state index in [9.17, 15) is 4.79 Å². The van der Waals surface area contributed by atoms with Crippen LogP contribution in [0.4, 0.5) is 0 Å². The van der Waals surface area contributed by atoms with Crippen molar-refractivity contribution in [2.45, 2.75) is 30.3 Å². The van der Waals surface area contributed by atoms with E-state index >= 15 is 0 Å². The van der Waals surface area contributed by atoms with Crippen LogP contribution in [0.1, 0.15) is 19.3 Å². The lowest BCUT2D eigenvalue weighted by Gasteiger charge is -2.32. The fourth-order valence-electron chi connectivity index (χ4n) is 2.37. The van der Waals surface area contributed by atoms with Crippen molar-refractivity contribution in [1.82, 2.24) is 4.90 Å². The molecule has 2 rings (SSSR count). The zero-order chi connectivity index (χ0) is 15.8. The van der Waals surface area contributed by atoms with Crippen molar-refractivity contribution in [3.8, 4) is 0 Å². The molecule has 1 aliphatic rings. The number of nitrogens with two attached hydrogens (primary N) is 1. The van der Waals surface area contributed by atoms with E-state index in [1.807, 2.05) is 29.2 Å². The van der Waals surface area contributed by atoms with Gasteiger partial charge in [-0.3, -0.25) is 4.79 Å². The van der Waals surface area contributed by atoms with Gasteiger partial charge in [0.2, 0.25) is 5.91 Å². The predicted octanol–water partition coefficient (Wildman–Crippen LogP) is 2.79. The first-order valence-corrected chi connectivity index (χ1v) is 9.03. The summed E-state index contributed by atoms with van der Waals surface area (Å²) in [6.45, 7) is 2.96. The molecule has 0 radical (unpaired) electrons. The Morgan fingerprint density at radius 3 is 2.64 bits per heavy atom. The second kappa shape index (κ2) is 9.40. The lowest BCUT2D eigenvalue weighted by atomic mass is 10.1. The van der Waals surface area contributed by atoms with Crippen molar-refractivity contribution in [3.05, 3.63) is 29.3 Å². The number of ether oxygens (including phenoxy) is 1. The van der Waals surface area contributed by atoms with Crippen LogP contribution in [0, 0.1) is 0 Å². The topological polar surface area (TPSA) is 55.6 Å². The Bertz CT molecular complexity index is 462. The molecule has 1 aliphatic heterocycles. The maximum absolute atomic E-state index is 12.2. The maximum Gasteiger partial charge on any atom is 0.232 e. The highest BCUT2D eigenvalue weighted by Crippen LogP contribution is 2.22. The third kappa shape index (κ3) is 5.80. The Hall–Kier alpha value is -0.750. The van der Waals surface area contributed by atoms with Crippen LogP contribution in [0.3, 0.4) is 0 Å². The first kappa shape index (κ1) is 17.6. The monoisotopic (exact) mass is 342 g/mol. The van der Waals surface area contributed by atoms with Gasteiger partial charge in [-0.2, -0.15) is 0 Å². The van der Waals surface area contributed by atoms with Crippen LogP contribution in [0.2, 0.25) is 5.02 Å². The summed E-state index contributed by atoms with van der Waals surface area (Å²) in [5, 5.41) is 0.715. The summed E-state index contributed by atoms with van der Waals surface area (Å²) in [5.74, 6) is 0.667. The van der Waals surface area contributed by atoms with Crippen LogP contribution in [0.25, 0.3) is 0 Å². The lowest BCUT2D eigenvalue weighted by Crippen LogP contribution is -2.41. The number of piperidine rings is 1. The molecule has 1 saturated heterocycles. The fourth-order valence-corrected chi connectivity index (χ4v) is 3.30. The number of hydrogen-bond donors (Lipinski definition) is 1. The normalized spacial score (nSPS) is 16.0. The van der Waals surface area contributed by atoms with E-state index in [-0.39, 0.29) is 12.0 Å². The van der Waals surface area contributed by atoms with Crippen molar-refractivity contribution >= 4 is 29.3 Å². The van der Waals surface area contributed by atoms with Crippen molar-refractivity contribution < 1.29 is 9.53 Å². The Kier molecular flexibility index (Phi) is 7.52. The summed E-state index contributed by atoms with van der Waals surface area (Å²) in [6, 6.07) is 7.58. The van der Waals surface area contributed by atoms with Gasteiger partial charge in [-0.15, -0.1) is 11.8 Å². The summed E-state index contributed by atoms with van der Waals surface area (Å²) >= 11 is 7.41. The molecule has 1 aromatic carbocycles. The van der Waals surface area contributed by atoms with Gasteiger partial charge in [0.05, 0.1) is 11.9 Å². The number of hydrogen-bond acceptors (Lipinski definition) is 4. The molecule has 1 aromatic rings. The van der Waals surface area contributed by atoms with Gasteiger partial charge in [0.15, 0.2) is 0 Å². The molecule has 1 amide bonds. The standard InChI is InChI=1S/C16H23ClN2O2S/c17-13-2-4-15(5-3-13)22-12-16(20)19-9-6-14(7-10-19)21-11-1-8-18/h2-5,14H,1,6-12,18H2. The SMILES string of the molecule is NCCCOC1CCN(C(=O)CSc2ccc(Cl)cc2)CC1. The Morgan fingerprint density at radius 1 is 1.32 bits per heavy atom. The van der Waals surface area contributed by atoms with E-state index in [0.29, 0.717) is 17.3 Å². The fraction of sp³-hybridized carbons (Fsp3) is 0.562. The molecule has 0 bridgehead atoms.